The molecule has 2 fully saturated rings. The summed E-state index contributed by atoms with van der Waals surface area (Å²) in [6.45, 7) is 2.58. The zero-order valence-electron chi connectivity index (χ0n) is 17.1. The zero-order chi connectivity index (χ0) is 22.5. The number of aromatic nitrogens is 3. The van der Waals surface area contributed by atoms with Crippen LogP contribution in [-0.4, -0.2) is 44.4 Å². The molecule has 10 heteroatoms. The highest BCUT2D eigenvalue weighted by Gasteiger charge is 2.47. The van der Waals surface area contributed by atoms with E-state index in [1.165, 1.54) is 17.4 Å². The number of halogens is 3. The van der Waals surface area contributed by atoms with Gasteiger partial charge in [-0.05, 0) is 49.4 Å². The molecular formula is C22H20F3N5OS. The quantitative estimate of drug-likeness (QED) is 0.615. The molecule has 1 amide bonds. The summed E-state index contributed by atoms with van der Waals surface area (Å²) in [6.07, 6.45) is 1.44. The number of pyridine rings is 2. The Morgan fingerprint density at radius 2 is 2.00 bits per heavy atom. The number of thiazole rings is 1. The van der Waals surface area contributed by atoms with Crippen molar-refractivity contribution in [3.63, 3.8) is 0 Å². The number of fused-ring (bicyclic) bond motifs is 2. The number of aryl methyl sites for hydroxylation is 1. The molecule has 4 heterocycles. The third-order valence-electron chi connectivity index (χ3n) is 6.17. The van der Waals surface area contributed by atoms with Crippen LogP contribution in [0.25, 0.3) is 10.6 Å². The molecule has 0 spiro atoms. The third kappa shape index (κ3) is 3.72. The average Bonchev–Trinajstić information content (AvgIpc) is 3.50. The van der Waals surface area contributed by atoms with Crippen LogP contribution in [0.3, 0.4) is 0 Å². The first-order chi connectivity index (χ1) is 15.3. The lowest BCUT2D eigenvalue weighted by molar-refractivity contribution is -0.137. The minimum absolute atomic E-state index is 0.0666. The Kier molecular flexibility index (Phi) is 5.11. The Balaban J connectivity index is 1.37. The third-order valence-corrected chi connectivity index (χ3v) is 6.97. The number of amides is 1. The van der Waals surface area contributed by atoms with Gasteiger partial charge in [-0.1, -0.05) is 0 Å². The maximum Gasteiger partial charge on any atom is 0.417 e. The van der Waals surface area contributed by atoms with Crippen LogP contribution in [-0.2, 0) is 6.18 Å². The summed E-state index contributed by atoms with van der Waals surface area (Å²) >= 11 is 1.46. The first-order valence-electron chi connectivity index (χ1n) is 10.3. The summed E-state index contributed by atoms with van der Waals surface area (Å²) in [7, 11) is 0. The number of rotatable bonds is 4. The molecule has 0 radical (unpaired) electrons. The molecule has 1 N–H and O–H groups in total. The first kappa shape index (κ1) is 20.9. The molecule has 1 aliphatic carbocycles. The Bertz CT molecular complexity index is 1130. The highest BCUT2D eigenvalue weighted by Crippen LogP contribution is 2.41. The molecule has 1 saturated heterocycles. The van der Waals surface area contributed by atoms with Crippen molar-refractivity contribution in [2.75, 3.05) is 11.9 Å². The van der Waals surface area contributed by atoms with E-state index in [0.717, 1.165) is 41.2 Å². The van der Waals surface area contributed by atoms with Crippen LogP contribution in [0, 0.1) is 12.8 Å². The lowest BCUT2D eigenvalue weighted by atomic mass is 10.0. The van der Waals surface area contributed by atoms with Crippen LogP contribution in [0.15, 0.2) is 42.2 Å². The van der Waals surface area contributed by atoms with Crippen LogP contribution in [0.1, 0.15) is 34.5 Å². The summed E-state index contributed by atoms with van der Waals surface area (Å²) in [6, 6.07) is 4.08. The molecule has 6 nitrogen and oxygen atoms in total. The van der Waals surface area contributed by atoms with Crippen molar-refractivity contribution >= 4 is 23.1 Å². The van der Waals surface area contributed by atoms with E-state index in [4.69, 9.17) is 0 Å². The normalized spacial score (nSPS) is 22.4. The smallest absolute Gasteiger partial charge is 0.365 e. The van der Waals surface area contributed by atoms with E-state index in [2.05, 4.69) is 20.3 Å². The predicted molar refractivity (Wildman–Crippen MR) is 114 cm³/mol. The van der Waals surface area contributed by atoms with E-state index in [-0.39, 0.29) is 18.0 Å². The van der Waals surface area contributed by atoms with Gasteiger partial charge in [0.1, 0.15) is 16.5 Å². The van der Waals surface area contributed by atoms with Crippen LogP contribution >= 0.6 is 11.3 Å². The number of piperidine rings is 1. The lowest BCUT2D eigenvalue weighted by Gasteiger charge is -2.34. The predicted octanol–water partition coefficient (Wildman–Crippen LogP) is 4.64. The molecule has 166 valence electrons. The summed E-state index contributed by atoms with van der Waals surface area (Å²) in [5.74, 6) is 0.572. The maximum atomic E-state index is 13.5. The van der Waals surface area contributed by atoms with Gasteiger partial charge in [-0.25, -0.2) is 9.97 Å². The summed E-state index contributed by atoms with van der Waals surface area (Å²) in [4.78, 5) is 28.1. The Labute approximate surface area is 186 Å². The number of alkyl halides is 3. The van der Waals surface area contributed by atoms with Crippen molar-refractivity contribution in [1.29, 1.82) is 0 Å². The molecule has 2 aliphatic rings. The van der Waals surface area contributed by atoms with Gasteiger partial charge in [0.05, 0.1) is 11.6 Å². The SMILES string of the molecule is Cc1ccnc(C(=O)N2C[C@@H]3C[C@@H](Nc4ccc(C(F)(F)F)cn4)[C@@H]2C3)c1-c1nccs1. The van der Waals surface area contributed by atoms with Gasteiger partial charge in [0.25, 0.3) is 5.91 Å². The van der Waals surface area contributed by atoms with Crippen LogP contribution < -0.4 is 5.32 Å². The van der Waals surface area contributed by atoms with Gasteiger partial charge in [0.2, 0.25) is 0 Å². The van der Waals surface area contributed by atoms with Crippen molar-refractivity contribution in [3.8, 4) is 10.6 Å². The van der Waals surface area contributed by atoms with E-state index in [9.17, 15) is 18.0 Å². The molecular weight excluding hydrogens is 439 g/mol. The number of carbonyl (C=O) groups excluding carboxylic acids is 1. The van der Waals surface area contributed by atoms with Gasteiger partial charge in [-0.3, -0.25) is 9.78 Å². The fourth-order valence-electron chi connectivity index (χ4n) is 4.72. The number of nitrogens with one attached hydrogen (secondary N) is 1. The van der Waals surface area contributed by atoms with Gasteiger partial charge < -0.3 is 10.2 Å². The van der Waals surface area contributed by atoms with Crippen molar-refractivity contribution < 1.29 is 18.0 Å². The molecule has 0 aromatic carbocycles. The van der Waals surface area contributed by atoms with Crippen LogP contribution in [0.5, 0.6) is 0 Å². The van der Waals surface area contributed by atoms with Crippen molar-refractivity contribution in [1.82, 2.24) is 19.9 Å². The van der Waals surface area contributed by atoms with E-state index in [0.29, 0.717) is 24.0 Å². The molecule has 3 aromatic heterocycles. The minimum atomic E-state index is -4.42. The Morgan fingerprint density at radius 1 is 1.16 bits per heavy atom. The zero-order valence-corrected chi connectivity index (χ0v) is 18.0. The first-order valence-corrected chi connectivity index (χ1v) is 11.2. The van der Waals surface area contributed by atoms with Crippen molar-refractivity contribution in [3.05, 3.63) is 59.0 Å². The highest BCUT2D eigenvalue weighted by molar-refractivity contribution is 7.13. The standard InChI is InChI=1S/C22H20F3N5OS/c1-12-4-5-26-19(18(12)20-27-6-7-32-20)21(31)30-11-13-8-15(16(30)9-13)29-17-3-2-14(10-28-17)22(23,24)25/h2-7,10,13,15-16H,8-9,11H2,1H3,(H,28,29)/t13-,15-,16+/m1/s1. The topological polar surface area (TPSA) is 71.0 Å². The molecule has 1 aliphatic heterocycles. The van der Waals surface area contributed by atoms with Gasteiger partial charge in [0, 0.05) is 42.1 Å². The van der Waals surface area contributed by atoms with E-state index >= 15 is 0 Å². The Morgan fingerprint density at radius 3 is 2.66 bits per heavy atom. The van der Waals surface area contributed by atoms with E-state index < -0.39 is 11.7 Å². The van der Waals surface area contributed by atoms with Crippen molar-refractivity contribution in [2.45, 2.75) is 38.0 Å². The molecule has 5 rings (SSSR count). The second-order valence-corrected chi connectivity index (χ2v) is 9.13. The number of likely N-dealkylation sites (tertiary alicyclic amines) is 1. The monoisotopic (exact) mass is 459 g/mol. The maximum absolute atomic E-state index is 13.5. The molecule has 0 unspecified atom stereocenters. The van der Waals surface area contributed by atoms with E-state index in [1.54, 1.807) is 12.4 Å². The van der Waals surface area contributed by atoms with Crippen LogP contribution in [0.4, 0.5) is 19.0 Å². The van der Waals surface area contributed by atoms with Crippen molar-refractivity contribution in [2.24, 2.45) is 5.92 Å². The average molecular weight is 459 g/mol. The molecule has 3 atom stereocenters. The lowest BCUT2D eigenvalue weighted by Crippen LogP contribution is -2.48. The number of nitrogens with zero attached hydrogens (tertiary/aromatic N) is 4. The number of carbonyl (C=O) groups is 1. The highest BCUT2D eigenvalue weighted by atomic mass is 32.1. The van der Waals surface area contributed by atoms with Gasteiger partial charge in [0.15, 0.2) is 0 Å². The number of hydrogen-bond acceptors (Lipinski definition) is 6. The molecule has 2 bridgehead atoms. The minimum Gasteiger partial charge on any atom is -0.365 e. The second kappa shape index (κ2) is 7.84. The Hall–Kier alpha value is -3.01. The van der Waals surface area contributed by atoms with Gasteiger partial charge in [-0.2, -0.15) is 13.2 Å². The number of anilines is 1. The van der Waals surface area contributed by atoms with E-state index in [1.807, 2.05) is 23.3 Å². The summed E-state index contributed by atoms with van der Waals surface area (Å²) in [5, 5.41) is 5.86. The van der Waals surface area contributed by atoms with Gasteiger partial charge in [-0.15, -0.1) is 11.3 Å². The molecule has 3 aromatic rings. The fraction of sp³-hybridized carbons (Fsp3) is 0.364. The summed E-state index contributed by atoms with van der Waals surface area (Å²) in [5.41, 5.74) is 1.29. The summed E-state index contributed by atoms with van der Waals surface area (Å²) < 4.78 is 38.4. The molecule has 32 heavy (non-hydrogen) atoms. The largest absolute Gasteiger partial charge is 0.417 e. The van der Waals surface area contributed by atoms with Crippen LogP contribution in [0.2, 0.25) is 0 Å². The number of hydrogen-bond donors (Lipinski definition) is 1. The van der Waals surface area contributed by atoms with Gasteiger partial charge >= 0.3 is 6.18 Å². The molecule has 1 saturated carbocycles. The second-order valence-electron chi connectivity index (χ2n) is 8.23. The fourth-order valence-corrected chi connectivity index (χ4v) is 5.47.